The van der Waals surface area contributed by atoms with Crippen LogP contribution in [0.5, 0.6) is 0 Å². The second-order valence-electron chi connectivity index (χ2n) is 4.99. The van der Waals surface area contributed by atoms with Gasteiger partial charge < -0.3 is 9.55 Å². The molecule has 0 bridgehead atoms. The molecular weight excluding hydrogens is 264 g/mol. The number of para-hydroxylation sites is 1. The molecule has 3 heteroatoms. The first-order chi connectivity index (χ1) is 9.75. The zero-order chi connectivity index (χ0) is 13.7. The number of rotatable bonds is 2. The van der Waals surface area contributed by atoms with E-state index in [-0.39, 0.29) is 0 Å². The van der Waals surface area contributed by atoms with E-state index in [9.17, 15) is 0 Å². The highest BCUT2D eigenvalue weighted by Gasteiger charge is 2.13. The van der Waals surface area contributed by atoms with Crippen LogP contribution >= 0.6 is 11.3 Å². The minimum atomic E-state index is 1.06. The van der Waals surface area contributed by atoms with Crippen LogP contribution < -0.4 is 0 Å². The number of hydrogen-bond acceptors (Lipinski definition) is 1. The molecule has 20 heavy (non-hydrogen) atoms. The van der Waals surface area contributed by atoms with Crippen molar-refractivity contribution in [3.63, 3.8) is 0 Å². The lowest BCUT2D eigenvalue weighted by Gasteiger charge is -2.07. The maximum atomic E-state index is 4.32. The highest BCUT2D eigenvalue weighted by Crippen LogP contribution is 2.33. The third-order valence-corrected chi connectivity index (χ3v) is 4.74. The van der Waals surface area contributed by atoms with E-state index in [0.717, 1.165) is 11.1 Å². The van der Waals surface area contributed by atoms with Gasteiger partial charge in [-0.05, 0) is 23.6 Å². The van der Waals surface area contributed by atoms with Gasteiger partial charge in [0, 0.05) is 41.0 Å². The Bertz CT molecular complexity index is 936. The topological polar surface area (TPSA) is 20.7 Å². The fourth-order valence-corrected chi connectivity index (χ4v) is 3.65. The SMILES string of the molecule is C=C(c1c[nH]c2ccccc12)c1cc2sccc2n1C. The maximum Gasteiger partial charge on any atom is 0.0592 e. The first-order valence-electron chi connectivity index (χ1n) is 6.54. The van der Waals surface area contributed by atoms with Crippen LogP contribution in [0.15, 0.2) is 54.6 Å². The average molecular weight is 278 g/mol. The first kappa shape index (κ1) is 11.6. The molecule has 1 N–H and O–H groups in total. The lowest BCUT2D eigenvalue weighted by Crippen LogP contribution is -1.95. The van der Waals surface area contributed by atoms with E-state index in [1.165, 1.54) is 26.9 Å². The van der Waals surface area contributed by atoms with Gasteiger partial charge in [0.05, 0.1) is 10.2 Å². The van der Waals surface area contributed by atoms with Crippen molar-refractivity contribution in [2.45, 2.75) is 0 Å². The number of aryl methyl sites for hydroxylation is 1. The number of aromatic nitrogens is 2. The molecule has 0 aliphatic rings. The molecular formula is C17H14N2S. The smallest absolute Gasteiger partial charge is 0.0592 e. The van der Waals surface area contributed by atoms with Gasteiger partial charge in [0.15, 0.2) is 0 Å². The molecule has 0 radical (unpaired) electrons. The van der Waals surface area contributed by atoms with Crippen LogP contribution in [0, 0.1) is 0 Å². The molecule has 0 saturated heterocycles. The molecule has 4 aromatic rings. The van der Waals surface area contributed by atoms with E-state index >= 15 is 0 Å². The van der Waals surface area contributed by atoms with Gasteiger partial charge in [-0.15, -0.1) is 11.3 Å². The summed E-state index contributed by atoms with van der Waals surface area (Å²) in [5.74, 6) is 0. The molecule has 0 fully saturated rings. The lowest BCUT2D eigenvalue weighted by atomic mass is 10.0. The van der Waals surface area contributed by atoms with Gasteiger partial charge in [0.1, 0.15) is 0 Å². The number of fused-ring (bicyclic) bond motifs is 2. The summed E-state index contributed by atoms with van der Waals surface area (Å²) >= 11 is 1.77. The van der Waals surface area contributed by atoms with E-state index in [1.54, 1.807) is 11.3 Å². The van der Waals surface area contributed by atoms with E-state index in [1.807, 2.05) is 12.3 Å². The summed E-state index contributed by atoms with van der Waals surface area (Å²) in [5.41, 5.74) is 5.84. The van der Waals surface area contributed by atoms with Gasteiger partial charge in [-0.25, -0.2) is 0 Å². The zero-order valence-electron chi connectivity index (χ0n) is 11.2. The van der Waals surface area contributed by atoms with Crippen molar-refractivity contribution in [1.82, 2.24) is 9.55 Å². The molecule has 3 aromatic heterocycles. The Balaban J connectivity index is 1.91. The van der Waals surface area contributed by atoms with Crippen molar-refractivity contribution in [3.05, 3.63) is 65.8 Å². The molecule has 0 aliphatic carbocycles. The monoisotopic (exact) mass is 278 g/mol. The average Bonchev–Trinajstić information content (AvgIpc) is 3.14. The van der Waals surface area contributed by atoms with Crippen molar-refractivity contribution in [1.29, 1.82) is 0 Å². The molecule has 2 nitrogen and oxygen atoms in total. The minimum Gasteiger partial charge on any atom is -0.361 e. The number of benzene rings is 1. The van der Waals surface area contributed by atoms with Crippen LogP contribution in [-0.2, 0) is 7.05 Å². The van der Waals surface area contributed by atoms with Crippen molar-refractivity contribution in [2.24, 2.45) is 7.05 Å². The highest BCUT2D eigenvalue weighted by molar-refractivity contribution is 7.17. The van der Waals surface area contributed by atoms with Crippen LogP contribution in [-0.4, -0.2) is 9.55 Å². The summed E-state index contributed by atoms with van der Waals surface area (Å²) < 4.78 is 3.53. The van der Waals surface area contributed by atoms with E-state index < -0.39 is 0 Å². The van der Waals surface area contributed by atoms with Crippen molar-refractivity contribution >= 4 is 38.0 Å². The largest absolute Gasteiger partial charge is 0.361 e. The van der Waals surface area contributed by atoms with Crippen LogP contribution in [0.2, 0.25) is 0 Å². The fraction of sp³-hybridized carbons (Fsp3) is 0.0588. The van der Waals surface area contributed by atoms with Crippen molar-refractivity contribution in [3.8, 4) is 0 Å². The molecule has 0 unspecified atom stereocenters. The minimum absolute atomic E-state index is 1.06. The Morgan fingerprint density at radius 2 is 2.10 bits per heavy atom. The standard InChI is InChI=1S/C17H14N2S/c1-11(13-10-18-14-6-4-3-5-12(13)14)16-9-17-15(19(16)2)7-8-20-17/h3-10,18H,1H2,2H3. The molecule has 4 rings (SSSR count). The summed E-state index contributed by atoms with van der Waals surface area (Å²) in [6.07, 6.45) is 2.05. The van der Waals surface area contributed by atoms with Gasteiger partial charge in [0.25, 0.3) is 0 Å². The van der Waals surface area contributed by atoms with E-state index in [2.05, 4.69) is 58.9 Å². The fourth-order valence-electron chi connectivity index (χ4n) is 2.80. The maximum absolute atomic E-state index is 4.32. The molecule has 0 saturated carbocycles. The van der Waals surface area contributed by atoms with Crippen LogP contribution in [0.3, 0.4) is 0 Å². The number of nitrogens with zero attached hydrogens (tertiary/aromatic N) is 1. The number of H-pyrrole nitrogens is 1. The Kier molecular flexibility index (Phi) is 2.38. The molecule has 1 aromatic carbocycles. The van der Waals surface area contributed by atoms with Gasteiger partial charge in [-0.3, -0.25) is 0 Å². The van der Waals surface area contributed by atoms with Crippen LogP contribution in [0.4, 0.5) is 0 Å². The molecule has 0 spiro atoms. The Labute approximate surface area is 121 Å². The van der Waals surface area contributed by atoms with E-state index in [4.69, 9.17) is 0 Å². The summed E-state index contributed by atoms with van der Waals surface area (Å²) in [7, 11) is 2.10. The number of thiophene rings is 1. The third kappa shape index (κ3) is 1.50. The van der Waals surface area contributed by atoms with Gasteiger partial charge in [-0.2, -0.15) is 0 Å². The lowest BCUT2D eigenvalue weighted by molar-refractivity contribution is 0.950. The summed E-state index contributed by atoms with van der Waals surface area (Å²) in [6.45, 7) is 4.32. The van der Waals surface area contributed by atoms with Crippen LogP contribution in [0.25, 0.3) is 26.7 Å². The van der Waals surface area contributed by atoms with Crippen molar-refractivity contribution in [2.75, 3.05) is 0 Å². The van der Waals surface area contributed by atoms with Crippen LogP contribution in [0.1, 0.15) is 11.3 Å². The van der Waals surface area contributed by atoms with Crippen molar-refractivity contribution < 1.29 is 0 Å². The molecule has 0 amide bonds. The van der Waals surface area contributed by atoms with Gasteiger partial charge >= 0.3 is 0 Å². The van der Waals surface area contributed by atoms with Gasteiger partial charge in [0.2, 0.25) is 0 Å². The number of hydrogen-bond donors (Lipinski definition) is 1. The number of nitrogens with one attached hydrogen (secondary N) is 1. The third-order valence-electron chi connectivity index (χ3n) is 3.89. The first-order valence-corrected chi connectivity index (χ1v) is 7.42. The molecule has 98 valence electrons. The predicted molar refractivity (Wildman–Crippen MR) is 87.2 cm³/mol. The summed E-state index contributed by atoms with van der Waals surface area (Å²) in [6, 6.07) is 12.7. The Hall–Kier alpha value is -2.26. The molecule has 0 atom stereocenters. The zero-order valence-corrected chi connectivity index (χ0v) is 12.0. The molecule has 3 heterocycles. The predicted octanol–water partition coefficient (Wildman–Crippen LogP) is 4.78. The summed E-state index contributed by atoms with van der Waals surface area (Å²) in [4.78, 5) is 3.32. The summed E-state index contributed by atoms with van der Waals surface area (Å²) in [5, 5.41) is 3.35. The normalized spacial score (nSPS) is 11.4. The quantitative estimate of drug-likeness (QED) is 0.544. The Morgan fingerprint density at radius 3 is 2.95 bits per heavy atom. The van der Waals surface area contributed by atoms with E-state index in [0.29, 0.717) is 0 Å². The van der Waals surface area contributed by atoms with Gasteiger partial charge in [-0.1, -0.05) is 24.8 Å². The second-order valence-corrected chi connectivity index (χ2v) is 5.93. The number of aromatic amines is 1. The Morgan fingerprint density at radius 1 is 1.25 bits per heavy atom. The highest BCUT2D eigenvalue weighted by atomic mass is 32.1. The molecule has 0 aliphatic heterocycles. The second kappa shape index (κ2) is 4.12.